The van der Waals surface area contributed by atoms with Gasteiger partial charge in [0, 0.05) is 45.7 Å². The lowest BCUT2D eigenvalue weighted by Gasteiger charge is -2.36. The number of aliphatic hydroxyl groups is 1. The Balaban J connectivity index is 1.43. The van der Waals surface area contributed by atoms with E-state index in [1.165, 1.54) is 0 Å². The number of carbonyl (C=O) groups excluding carboxylic acids is 2. The number of nitrogens with zero attached hydrogens (tertiary/aromatic N) is 3. The molecule has 2 heterocycles. The van der Waals surface area contributed by atoms with Gasteiger partial charge >= 0.3 is 0 Å². The first-order chi connectivity index (χ1) is 11.6. The van der Waals surface area contributed by atoms with Crippen molar-refractivity contribution in [2.24, 2.45) is 0 Å². The van der Waals surface area contributed by atoms with Crippen LogP contribution in [-0.2, 0) is 9.59 Å². The van der Waals surface area contributed by atoms with Crippen LogP contribution in [0.15, 0.2) is 30.3 Å². The molecule has 0 radical (unpaired) electrons. The highest BCUT2D eigenvalue weighted by Gasteiger charge is 2.27. The molecule has 130 valence electrons. The molecule has 24 heavy (non-hydrogen) atoms. The van der Waals surface area contributed by atoms with Crippen molar-refractivity contribution in [2.75, 3.05) is 45.8 Å². The van der Waals surface area contributed by atoms with Gasteiger partial charge in [0.05, 0.1) is 12.6 Å². The van der Waals surface area contributed by atoms with Crippen molar-refractivity contribution in [2.45, 2.75) is 18.9 Å². The first-order valence-electron chi connectivity index (χ1n) is 8.64. The number of rotatable bonds is 5. The van der Waals surface area contributed by atoms with Gasteiger partial charge in [-0.15, -0.1) is 0 Å². The number of hydrogen-bond donors (Lipinski definition) is 1. The first-order valence-corrected chi connectivity index (χ1v) is 8.64. The van der Waals surface area contributed by atoms with E-state index < -0.39 is 6.10 Å². The van der Waals surface area contributed by atoms with Crippen LogP contribution >= 0.6 is 0 Å². The minimum atomic E-state index is -0.504. The molecule has 3 rings (SSSR count). The van der Waals surface area contributed by atoms with Crippen molar-refractivity contribution >= 4 is 11.8 Å². The average Bonchev–Trinajstić information content (AvgIpc) is 3.01. The minimum Gasteiger partial charge on any atom is -0.387 e. The van der Waals surface area contributed by atoms with E-state index in [-0.39, 0.29) is 18.4 Å². The molecule has 1 N–H and O–H groups in total. The van der Waals surface area contributed by atoms with Crippen LogP contribution in [0.5, 0.6) is 0 Å². The van der Waals surface area contributed by atoms with Gasteiger partial charge in [-0.3, -0.25) is 14.5 Å². The number of hydrogen-bond acceptors (Lipinski definition) is 4. The quantitative estimate of drug-likeness (QED) is 0.853. The summed E-state index contributed by atoms with van der Waals surface area (Å²) in [7, 11) is 0. The molecular formula is C18H25N3O3. The average molecular weight is 331 g/mol. The Morgan fingerprint density at radius 3 is 2.42 bits per heavy atom. The molecule has 0 saturated carbocycles. The van der Waals surface area contributed by atoms with Crippen molar-refractivity contribution in [3.05, 3.63) is 35.9 Å². The molecule has 2 fully saturated rings. The Morgan fingerprint density at radius 2 is 1.79 bits per heavy atom. The van der Waals surface area contributed by atoms with Crippen LogP contribution < -0.4 is 0 Å². The van der Waals surface area contributed by atoms with Gasteiger partial charge < -0.3 is 14.9 Å². The van der Waals surface area contributed by atoms with Gasteiger partial charge in [0.15, 0.2) is 0 Å². The van der Waals surface area contributed by atoms with E-state index in [1.54, 1.807) is 4.90 Å². The summed E-state index contributed by atoms with van der Waals surface area (Å²) in [5.41, 5.74) is 0.920. The largest absolute Gasteiger partial charge is 0.387 e. The molecule has 0 aromatic heterocycles. The summed E-state index contributed by atoms with van der Waals surface area (Å²) in [6.45, 7) is 4.31. The maximum atomic E-state index is 12.3. The third-order valence-electron chi connectivity index (χ3n) is 4.84. The standard InChI is InChI=1S/C18H25N3O3/c22-16(15-5-2-1-3-6-15)13-19-9-11-20(12-10-19)18(24)14-21-8-4-7-17(21)23/h1-3,5-6,16,22H,4,7-14H2/t16-/m0/s1. The number of carbonyl (C=O) groups is 2. The van der Waals surface area contributed by atoms with Crippen LogP contribution in [-0.4, -0.2) is 77.4 Å². The van der Waals surface area contributed by atoms with Gasteiger partial charge in [-0.25, -0.2) is 0 Å². The predicted molar refractivity (Wildman–Crippen MR) is 90.2 cm³/mol. The highest BCUT2D eigenvalue weighted by molar-refractivity contribution is 5.85. The maximum absolute atomic E-state index is 12.3. The topological polar surface area (TPSA) is 64.1 Å². The lowest BCUT2D eigenvalue weighted by atomic mass is 10.1. The maximum Gasteiger partial charge on any atom is 0.242 e. The summed E-state index contributed by atoms with van der Waals surface area (Å²) in [4.78, 5) is 29.6. The molecule has 0 spiro atoms. The van der Waals surface area contributed by atoms with Gasteiger partial charge in [0.1, 0.15) is 0 Å². The number of likely N-dealkylation sites (tertiary alicyclic amines) is 1. The smallest absolute Gasteiger partial charge is 0.242 e. The fraction of sp³-hybridized carbons (Fsp3) is 0.556. The molecule has 0 bridgehead atoms. The normalized spacial score (nSPS) is 20.5. The van der Waals surface area contributed by atoms with E-state index in [0.29, 0.717) is 32.6 Å². The molecular weight excluding hydrogens is 306 g/mol. The summed E-state index contributed by atoms with van der Waals surface area (Å²) in [6.07, 6.45) is 0.922. The Hall–Kier alpha value is -1.92. The first kappa shape index (κ1) is 16.9. The van der Waals surface area contributed by atoms with Gasteiger partial charge in [0.2, 0.25) is 11.8 Å². The van der Waals surface area contributed by atoms with Crippen molar-refractivity contribution < 1.29 is 14.7 Å². The van der Waals surface area contributed by atoms with E-state index in [4.69, 9.17) is 0 Å². The van der Waals surface area contributed by atoms with Gasteiger partial charge in [0.25, 0.3) is 0 Å². The number of piperazine rings is 1. The van der Waals surface area contributed by atoms with Crippen LogP contribution in [0.25, 0.3) is 0 Å². The molecule has 2 aliphatic rings. The van der Waals surface area contributed by atoms with Crippen LogP contribution in [0.2, 0.25) is 0 Å². The molecule has 1 atom stereocenters. The van der Waals surface area contributed by atoms with Crippen molar-refractivity contribution in [1.29, 1.82) is 0 Å². The van der Waals surface area contributed by atoms with Crippen LogP contribution in [0.4, 0.5) is 0 Å². The Bertz CT molecular complexity index is 570. The monoisotopic (exact) mass is 331 g/mol. The van der Waals surface area contributed by atoms with E-state index >= 15 is 0 Å². The summed E-state index contributed by atoms with van der Waals surface area (Å²) in [6, 6.07) is 9.64. The van der Waals surface area contributed by atoms with E-state index in [1.807, 2.05) is 35.2 Å². The molecule has 2 amide bonds. The van der Waals surface area contributed by atoms with Gasteiger partial charge in [-0.1, -0.05) is 30.3 Å². The number of amides is 2. The number of aliphatic hydroxyl groups excluding tert-OH is 1. The Labute approximate surface area is 142 Å². The summed E-state index contributed by atoms with van der Waals surface area (Å²) >= 11 is 0. The molecule has 6 heteroatoms. The van der Waals surface area contributed by atoms with Crippen molar-refractivity contribution in [3.63, 3.8) is 0 Å². The second-order valence-electron chi connectivity index (χ2n) is 6.53. The lowest BCUT2D eigenvalue weighted by Crippen LogP contribution is -2.51. The number of benzene rings is 1. The predicted octanol–water partition coefficient (Wildman–Crippen LogP) is 0.487. The summed E-state index contributed by atoms with van der Waals surface area (Å²) < 4.78 is 0. The summed E-state index contributed by atoms with van der Waals surface area (Å²) in [5.74, 6) is 0.126. The zero-order valence-electron chi connectivity index (χ0n) is 13.9. The van der Waals surface area contributed by atoms with E-state index in [2.05, 4.69) is 4.90 Å². The molecule has 2 saturated heterocycles. The van der Waals surface area contributed by atoms with Crippen molar-refractivity contribution in [1.82, 2.24) is 14.7 Å². The highest BCUT2D eigenvalue weighted by atomic mass is 16.3. The van der Waals surface area contributed by atoms with Crippen LogP contribution in [0.1, 0.15) is 24.5 Å². The SMILES string of the molecule is O=C(CN1CCCC1=O)N1CCN(C[C@H](O)c2ccccc2)CC1. The Morgan fingerprint density at radius 1 is 1.08 bits per heavy atom. The molecule has 1 aromatic carbocycles. The highest BCUT2D eigenvalue weighted by Crippen LogP contribution is 2.15. The van der Waals surface area contributed by atoms with Crippen LogP contribution in [0, 0.1) is 0 Å². The zero-order chi connectivity index (χ0) is 16.9. The second-order valence-corrected chi connectivity index (χ2v) is 6.53. The third kappa shape index (κ3) is 4.13. The second kappa shape index (κ2) is 7.77. The van der Waals surface area contributed by atoms with Gasteiger partial charge in [-0.2, -0.15) is 0 Å². The lowest BCUT2D eigenvalue weighted by molar-refractivity contribution is -0.139. The Kier molecular flexibility index (Phi) is 5.48. The zero-order valence-corrected chi connectivity index (χ0v) is 13.9. The molecule has 6 nitrogen and oxygen atoms in total. The molecule has 0 aliphatic carbocycles. The molecule has 0 unspecified atom stereocenters. The van der Waals surface area contributed by atoms with E-state index in [9.17, 15) is 14.7 Å². The fourth-order valence-electron chi connectivity index (χ4n) is 3.34. The fourth-order valence-corrected chi connectivity index (χ4v) is 3.34. The summed E-state index contributed by atoms with van der Waals surface area (Å²) in [5, 5.41) is 10.3. The minimum absolute atomic E-state index is 0.0357. The van der Waals surface area contributed by atoms with Crippen molar-refractivity contribution in [3.8, 4) is 0 Å². The van der Waals surface area contributed by atoms with Gasteiger partial charge in [-0.05, 0) is 12.0 Å². The molecule has 1 aromatic rings. The third-order valence-corrected chi connectivity index (χ3v) is 4.84. The molecule has 2 aliphatic heterocycles. The van der Waals surface area contributed by atoms with Crippen LogP contribution in [0.3, 0.4) is 0 Å². The number of β-amino-alcohol motifs (C(OH)–C–C–N with tert-alkyl or cyclic N) is 1. The van der Waals surface area contributed by atoms with E-state index in [0.717, 1.165) is 25.1 Å².